The molecule has 1 aromatic heterocycles. The molecule has 23 heavy (non-hydrogen) atoms. The monoisotopic (exact) mass is 381 g/mol. The summed E-state index contributed by atoms with van der Waals surface area (Å²) < 4.78 is 8.14. The van der Waals surface area contributed by atoms with E-state index in [1.807, 2.05) is 43.7 Å². The van der Waals surface area contributed by atoms with E-state index in [1.54, 1.807) is 4.90 Å². The van der Waals surface area contributed by atoms with Crippen LogP contribution in [0, 0.1) is 0 Å². The number of hydrogen-bond donors (Lipinski definition) is 1. The van der Waals surface area contributed by atoms with E-state index in [0.717, 1.165) is 21.1 Å². The first-order valence-corrected chi connectivity index (χ1v) is 8.33. The Morgan fingerprint density at radius 2 is 2.13 bits per heavy atom. The van der Waals surface area contributed by atoms with Crippen LogP contribution in [0.5, 0.6) is 0 Å². The summed E-state index contributed by atoms with van der Waals surface area (Å²) in [7, 11) is 0. The number of hydrogen-bond acceptors (Lipinski definition) is 4. The number of carbonyl (C=O) groups is 1. The number of ether oxygens (including phenoxy) is 1. The molecule has 3 rings (SSSR count). The van der Waals surface area contributed by atoms with Crippen molar-refractivity contribution in [2.24, 2.45) is 0 Å². The second kappa shape index (κ2) is 5.79. The summed E-state index contributed by atoms with van der Waals surface area (Å²) >= 11 is 3.44. The first kappa shape index (κ1) is 16.3. The highest BCUT2D eigenvalue weighted by Gasteiger charge is 2.36. The van der Waals surface area contributed by atoms with Gasteiger partial charge in [-0.05, 0) is 39.0 Å². The lowest BCUT2D eigenvalue weighted by Gasteiger charge is -2.40. The zero-order valence-corrected chi connectivity index (χ0v) is 15.0. The lowest BCUT2D eigenvalue weighted by molar-refractivity contribution is -0.00100. The Kier molecular flexibility index (Phi) is 4.10. The molecule has 2 aromatic rings. The lowest BCUT2D eigenvalue weighted by Crippen LogP contribution is -2.52. The number of halogens is 1. The van der Waals surface area contributed by atoms with Crippen LogP contribution in [0.3, 0.4) is 0 Å². The second-order valence-corrected chi connectivity index (χ2v) is 7.67. The van der Waals surface area contributed by atoms with E-state index in [1.165, 1.54) is 0 Å². The average Bonchev–Trinajstić information content (AvgIpc) is 2.72. The second-order valence-electron chi connectivity index (χ2n) is 6.75. The van der Waals surface area contributed by atoms with Crippen LogP contribution < -0.4 is 0 Å². The maximum atomic E-state index is 12.0. The summed E-state index contributed by atoms with van der Waals surface area (Å²) in [6.07, 6.45) is -0.307. The van der Waals surface area contributed by atoms with Crippen LogP contribution in [0.4, 0.5) is 4.79 Å². The van der Waals surface area contributed by atoms with Gasteiger partial charge in [0, 0.05) is 22.9 Å². The highest BCUT2D eigenvalue weighted by molar-refractivity contribution is 9.10. The number of carbonyl (C=O) groups excluding carboxylic acids is 1. The third kappa shape index (κ3) is 3.21. The van der Waals surface area contributed by atoms with Gasteiger partial charge < -0.3 is 14.7 Å². The summed E-state index contributed by atoms with van der Waals surface area (Å²) in [6.45, 7) is 6.54. The maximum absolute atomic E-state index is 12.0. The molecule has 0 spiro atoms. The Bertz CT molecular complexity index is 745. The van der Waals surface area contributed by atoms with Crippen LogP contribution in [0.1, 0.15) is 32.5 Å². The molecule has 0 aliphatic carbocycles. The molecule has 7 heteroatoms. The number of aliphatic hydroxyl groups is 1. The maximum Gasteiger partial charge on any atom is 0.410 e. The van der Waals surface area contributed by atoms with Gasteiger partial charge in [-0.25, -0.2) is 4.79 Å². The molecule has 1 saturated heterocycles. The molecule has 0 saturated carbocycles. The highest BCUT2D eigenvalue weighted by Crippen LogP contribution is 2.29. The van der Waals surface area contributed by atoms with Crippen molar-refractivity contribution in [1.82, 2.24) is 14.7 Å². The fourth-order valence-electron chi connectivity index (χ4n) is 2.67. The molecular weight excluding hydrogens is 362 g/mol. The Labute approximate surface area is 143 Å². The predicted octanol–water partition coefficient (Wildman–Crippen LogP) is 3.08. The molecule has 0 atom stereocenters. The molecule has 1 N–H and O–H groups in total. The quantitative estimate of drug-likeness (QED) is 0.867. The number of rotatable bonds is 2. The average molecular weight is 382 g/mol. The van der Waals surface area contributed by atoms with Gasteiger partial charge in [0.1, 0.15) is 5.60 Å². The van der Waals surface area contributed by atoms with Crippen LogP contribution in [0.15, 0.2) is 22.7 Å². The molecule has 0 radical (unpaired) electrons. The summed E-state index contributed by atoms with van der Waals surface area (Å²) in [5.41, 5.74) is 1.12. The molecule has 124 valence electrons. The fourth-order valence-corrected chi connectivity index (χ4v) is 3.03. The van der Waals surface area contributed by atoms with E-state index < -0.39 is 5.60 Å². The minimum absolute atomic E-state index is 0.0656. The molecule has 0 bridgehead atoms. The number of aromatic nitrogens is 2. The van der Waals surface area contributed by atoms with Crippen molar-refractivity contribution >= 4 is 32.9 Å². The molecule has 2 heterocycles. The third-order valence-electron chi connectivity index (χ3n) is 3.77. The summed E-state index contributed by atoms with van der Waals surface area (Å²) in [5, 5.41) is 15.2. The molecule has 1 amide bonds. The number of likely N-dealkylation sites (tertiary alicyclic amines) is 1. The Morgan fingerprint density at radius 3 is 2.74 bits per heavy atom. The van der Waals surface area contributed by atoms with Crippen LogP contribution in [-0.2, 0) is 11.3 Å². The molecule has 1 aliphatic heterocycles. The molecule has 1 aliphatic rings. The van der Waals surface area contributed by atoms with Gasteiger partial charge in [-0.15, -0.1) is 0 Å². The summed E-state index contributed by atoms with van der Waals surface area (Å²) in [6, 6.07) is 5.86. The van der Waals surface area contributed by atoms with Crippen molar-refractivity contribution in [2.45, 2.75) is 39.0 Å². The largest absolute Gasteiger partial charge is 0.444 e. The number of amides is 1. The fraction of sp³-hybridized carbons (Fsp3) is 0.500. The smallest absolute Gasteiger partial charge is 0.410 e. The Hall–Kier alpha value is -1.60. The van der Waals surface area contributed by atoms with Gasteiger partial charge in [0.2, 0.25) is 0 Å². The van der Waals surface area contributed by atoms with Crippen molar-refractivity contribution in [3.63, 3.8) is 0 Å². The number of benzene rings is 1. The minimum Gasteiger partial charge on any atom is -0.444 e. The van der Waals surface area contributed by atoms with Crippen molar-refractivity contribution in [3.05, 3.63) is 28.4 Å². The van der Waals surface area contributed by atoms with Gasteiger partial charge in [0.15, 0.2) is 0 Å². The Balaban J connectivity index is 1.77. The van der Waals surface area contributed by atoms with E-state index in [0.29, 0.717) is 13.1 Å². The van der Waals surface area contributed by atoms with Gasteiger partial charge in [0.25, 0.3) is 0 Å². The molecule has 1 aromatic carbocycles. The third-order valence-corrected chi connectivity index (χ3v) is 4.26. The molecule has 6 nitrogen and oxygen atoms in total. The van der Waals surface area contributed by atoms with E-state index in [-0.39, 0.29) is 18.7 Å². The summed E-state index contributed by atoms with van der Waals surface area (Å²) in [4.78, 5) is 13.7. The van der Waals surface area contributed by atoms with Crippen LogP contribution in [0.25, 0.3) is 10.9 Å². The zero-order valence-electron chi connectivity index (χ0n) is 13.4. The molecule has 0 unspecified atom stereocenters. The van der Waals surface area contributed by atoms with Gasteiger partial charge in [0.05, 0.1) is 23.9 Å². The summed E-state index contributed by atoms with van der Waals surface area (Å²) in [5.74, 6) is 0. The number of fused-ring (bicyclic) bond motifs is 1. The first-order chi connectivity index (χ1) is 10.8. The van der Waals surface area contributed by atoms with Gasteiger partial charge in [-0.3, -0.25) is 4.68 Å². The van der Waals surface area contributed by atoms with Crippen LogP contribution in [0.2, 0.25) is 0 Å². The SMILES string of the molecule is CC(C)(C)OC(=O)N1CC(n2nc3ccc(Br)cc3c2CO)C1. The number of aliphatic hydroxyl groups excluding tert-OH is 1. The number of nitrogens with zero attached hydrogens (tertiary/aromatic N) is 3. The lowest BCUT2D eigenvalue weighted by atomic mass is 10.1. The predicted molar refractivity (Wildman–Crippen MR) is 90.2 cm³/mol. The Morgan fingerprint density at radius 1 is 1.43 bits per heavy atom. The van der Waals surface area contributed by atoms with Crippen molar-refractivity contribution in [2.75, 3.05) is 13.1 Å². The van der Waals surface area contributed by atoms with Gasteiger partial charge in [-0.2, -0.15) is 5.10 Å². The van der Waals surface area contributed by atoms with E-state index in [9.17, 15) is 9.90 Å². The van der Waals surface area contributed by atoms with E-state index in [2.05, 4.69) is 21.0 Å². The van der Waals surface area contributed by atoms with Crippen molar-refractivity contribution in [1.29, 1.82) is 0 Å². The molecule has 1 fully saturated rings. The van der Waals surface area contributed by atoms with E-state index >= 15 is 0 Å². The van der Waals surface area contributed by atoms with Crippen molar-refractivity contribution < 1.29 is 14.6 Å². The van der Waals surface area contributed by atoms with Gasteiger partial charge >= 0.3 is 6.09 Å². The van der Waals surface area contributed by atoms with Crippen LogP contribution >= 0.6 is 15.9 Å². The standard InChI is InChI=1S/C16H20BrN3O3/c1-16(2,3)23-15(22)19-7-11(8-19)20-14(9-21)12-6-10(17)4-5-13(12)18-20/h4-6,11,21H,7-9H2,1-3H3. The first-order valence-electron chi connectivity index (χ1n) is 7.54. The van der Waals surface area contributed by atoms with Crippen LogP contribution in [-0.4, -0.2) is 44.6 Å². The van der Waals surface area contributed by atoms with E-state index in [4.69, 9.17) is 4.74 Å². The zero-order chi connectivity index (χ0) is 16.8. The minimum atomic E-state index is -0.495. The highest BCUT2D eigenvalue weighted by atomic mass is 79.9. The van der Waals surface area contributed by atoms with Gasteiger partial charge in [-0.1, -0.05) is 15.9 Å². The normalized spacial score (nSPS) is 15.8. The molecular formula is C16H20BrN3O3. The van der Waals surface area contributed by atoms with Crippen molar-refractivity contribution in [3.8, 4) is 0 Å². The topological polar surface area (TPSA) is 67.6 Å².